The Kier molecular flexibility index (Phi) is 6.72. The Morgan fingerprint density at radius 2 is 1.94 bits per heavy atom. The molecule has 0 aromatic heterocycles. The van der Waals surface area contributed by atoms with E-state index in [9.17, 15) is 9.59 Å². The van der Waals surface area contributed by atoms with E-state index in [4.69, 9.17) is 0 Å². The van der Waals surface area contributed by atoms with Gasteiger partial charge in [-0.1, -0.05) is 6.92 Å². The second-order valence-corrected chi connectivity index (χ2v) is 4.88. The first-order valence-corrected chi connectivity index (χ1v) is 6.91. The number of nitrogens with one attached hydrogen (secondary N) is 2. The standard InChI is InChI=1S/C13H25N3O2/c1-3-11(2)15-10-12(17)14-7-6-13(18)16-8-4-5-9-16/h11,15H,3-10H2,1-2H3,(H,14,17). The lowest BCUT2D eigenvalue weighted by atomic mass is 10.2. The average molecular weight is 255 g/mol. The largest absolute Gasteiger partial charge is 0.354 e. The second-order valence-electron chi connectivity index (χ2n) is 4.88. The molecule has 18 heavy (non-hydrogen) atoms. The van der Waals surface area contributed by atoms with E-state index in [1.807, 2.05) is 11.8 Å². The molecule has 1 aliphatic rings. The third-order valence-corrected chi connectivity index (χ3v) is 3.34. The summed E-state index contributed by atoms with van der Waals surface area (Å²) in [5, 5.41) is 5.89. The van der Waals surface area contributed by atoms with Crippen LogP contribution in [0.25, 0.3) is 0 Å². The van der Waals surface area contributed by atoms with Gasteiger partial charge in [-0.25, -0.2) is 0 Å². The summed E-state index contributed by atoms with van der Waals surface area (Å²) in [6.07, 6.45) is 3.63. The van der Waals surface area contributed by atoms with Gasteiger partial charge in [0.05, 0.1) is 6.54 Å². The molecule has 1 rings (SSSR count). The van der Waals surface area contributed by atoms with Crippen molar-refractivity contribution in [1.82, 2.24) is 15.5 Å². The van der Waals surface area contributed by atoms with Crippen molar-refractivity contribution < 1.29 is 9.59 Å². The lowest BCUT2D eigenvalue weighted by Crippen LogP contribution is -2.39. The van der Waals surface area contributed by atoms with Gasteiger partial charge in [-0.2, -0.15) is 0 Å². The van der Waals surface area contributed by atoms with E-state index in [2.05, 4.69) is 17.6 Å². The van der Waals surface area contributed by atoms with Crippen LogP contribution >= 0.6 is 0 Å². The van der Waals surface area contributed by atoms with Crippen LogP contribution < -0.4 is 10.6 Å². The van der Waals surface area contributed by atoms with Gasteiger partial charge in [0, 0.05) is 32.1 Å². The number of hydrogen-bond donors (Lipinski definition) is 2. The molecule has 104 valence electrons. The van der Waals surface area contributed by atoms with E-state index in [0.29, 0.717) is 25.6 Å². The fourth-order valence-electron chi connectivity index (χ4n) is 1.91. The first-order valence-electron chi connectivity index (χ1n) is 6.91. The summed E-state index contributed by atoms with van der Waals surface area (Å²) in [6, 6.07) is 0.349. The molecule has 5 heteroatoms. The molecule has 0 aliphatic carbocycles. The van der Waals surface area contributed by atoms with Gasteiger partial charge in [-0.3, -0.25) is 9.59 Å². The van der Waals surface area contributed by atoms with Gasteiger partial charge in [0.2, 0.25) is 11.8 Å². The number of carbonyl (C=O) groups is 2. The normalized spacial score (nSPS) is 16.7. The molecule has 0 spiro atoms. The SMILES string of the molecule is CCC(C)NCC(=O)NCCC(=O)N1CCCC1. The van der Waals surface area contributed by atoms with Crippen molar-refractivity contribution in [1.29, 1.82) is 0 Å². The summed E-state index contributed by atoms with van der Waals surface area (Å²) in [5.41, 5.74) is 0. The van der Waals surface area contributed by atoms with E-state index in [1.54, 1.807) is 0 Å². The zero-order valence-electron chi connectivity index (χ0n) is 11.5. The molecule has 0 aromatic rings. The van der Waals surface area contributed by atoms with Crippen LogP contribution in [0.3, 0.4) is 0 Å². The number of rotatable bonds is 7. The van der Waals surface area contributed by atoms with Crippen molar-refractivity contribution >= 4 is 11.8 Å². The predicted octanol–water partition coefficient (Wildman–Crippen LogP) is 0.503. The van der Waals surface area contributed by atoms with E-state index in [0.717, 1.165) is 32.4 Å². The van der Waals surface area contributed by atoms with Gasteiger partial charge in [-0.15, -0.1) is 0 Å². The number of nitrogens with zero attached hydrogens (tertiary/aromatic N) is 1. The minimum absolute atomic E-state index is 0.0375. The monoisotopic (exact) mass is 255 g/mol. The Morgan fingerprint density at radius 3 is 2.56 bits per heavy atom. The first-order chi connectivity index (χ1) is 8.63. The highest BCUT2D eigenvalue weighted by atomic mass is 16.2. The number of carbonyl (C=O) groups excluding carboxylic acids is 2. The molecule has 0 saturated carbocycles. The van der Waals surface area contributed by atoms with Crippen molar-refractivity contribution in [3.8, 4) is 0 Å². The summed E-state index contributed by atoms with van der Waals surface area (Å²) in [4.78, 5) is 25.0. The highest BCUT2D eigenvalue weighted by molar-refractivity contribution is 5.80. The molecule has 2 amide bonds. The molecule has 0 bridgehead atoms. The Labute approximate surface area is 109 Å². The maximum atomic E-state index is 11.7. The summed E-state index contributed by atoms with van der Waals surface area (Å²) in [5.74, 6) is 0.118. The maximum Gasteiger partial charge on any atom is 0.233 e. The molecule has 1 fully saturated rings. The van der Waals surface area contributed by atoms with Crippen LogP contribution in [0, 0.1) is 0 Å². The maximum absolute atomic E-state index is 11.7. The number of amides is 2. The smallest absolute Gasteiger partial charge is 0.233 e. The summed E-state index contributed by atoms with van der Waals surface area (Å²) in [6.45, 7) is 6.64. The zero-order valence-corrected chi connectivity index (χ0v) is 11.5. The summed E-state index contributed by atoms with van der Waals surface area (Å²) < 4.78 is 0. The van der Waals surface area contributed by atoms with Gasteiger partial charge in [0.25, 0.3) is 0 Å². The minimum Gasteiger partial charge on any atom is -0.354 e. The molecule has 5 nitrogen and oxygen atoms in total. The van der Waals surface area contributed by atoms with Gasteiger partial charge < -0.3 is 15.5 Å². The molecule has 1 saturated heterocycles. The fourth-order valence-corrected chi connectivity index (χ4v) is 1.91. The minimum atomic E-state index is -0.0375. The Balaban J connectivity index is 2.06. The highest BCUT2D eigenvalue weighted by Crippen LogP contribution is 2.08. The van der Waals surface area contributed by atoms with Crippen LogP contribution in [0.4, 0.5) is 0 Å². The van der Waals surface area contributed by atoms with Gasteiger partial charge in [0.15, 0.2) is 0 Å². The molecule has 1 heterocycles. The van der Waals surface area contributed by atoms with Crippen LogP contribution in [0.5, 0.6) is 0 Å². The summed E-state index contributed by atoms with van der Waals surface area (Å²) >= 11 is 0. The van der Waals surface area contributed by atoms with Crippen molar-refractivity contribution in [3.05, 3.63) is 0 Å². The van der Waals surface area contributed by atoms with Crippen LogP contribution in [0.1, 0.15) is 39.5 Å². The zero-order chi connectivity index (χ0) is 13.4. The van der Waals surface area contributed by atoms with Crippen LogP contribution in [0.15, 0.2) is 0 Å². The Hall–Kier alpha value is -1.10. The predicted molar refractivity (Wildman–Crippen MR) is 71.2 cm³/mol. The van der Waals surface area contributed by atoms with Gasteiger partial charge >= 0.3 is 0 Å². The lowest BCUT2D eigenvalue weighted by Gasteiger charge is -2.15. The van der Waals surface area contributed by atoms with E-state index in [-0.39, 0.29) is 11.8 Å². The number of hydrogen-bond acceptors (Lipinski definition) is 3. The van der Waals surface area contributed by atoms with E-state index < -0.39 is 0 Å². The molecule has 1 unspecified atom stereocenters. The van der Waals surface area contributed by atoms with Gasteiger partial charge in [-0.05, 0) is 26.2 Å². The quantitative estimate of drug-likeness (QED) is 0.696. The van der Waals surface area contributed by atoms with Crippen LogP contribution in [-0.2, 0) is 9.59 Å². The van der Waals surface area contributed by atoms with Crippen LogP contribution in [-0.4, -0.2) is 48.9 Å². The lowest BCUT2D eigenvalue weighted by molar-refractivity contribution is -0.130. The molecule has 1 atom stereocenters. The van der Waals surface area contributed by atoms with E-state index >= 15 is 0 Å². The molecular formula is C13H25N3O2. The summed E-state index contributed by atoms with van der Waals surface area (Å²) in [7, 11) is 0. The van der Waals surface area contributed by atoms with Crippen LogP contribution in [0.2, 0.25) is 0 Å². The molecule has 2 N–H and O–H groups in total. The third kappa shape index (κ3) is 5.49. The Morgan fingerprint density at radius 1 is 1.28 bits per heavy atom. The van der Waals surface area contributed by atoms with E-state index in [1.165, 1.54) is 0 Å². The van der Waals surface area contributed by atoms with Crippen molar-refractivity contribution in [2.45, 2.75) is 45.6 Å². The molecule has 0 radical (unpaired) electrons. The second kappa shape index (κ2) is 8.08. The molecule has 1 aliphatic heterocycles. The third-order valence-electron chi connectivity index (χ3n) is 3.34. The molecular weight excluding hydrogens is 230 g/mol. The first kappa shape index (κ1) is 15.0. The number of likely N-dealkylation sites (tertiary alicyclic amines) is 1. The topological polar surface area (TPSA) is 61.4 Å². The van der Waals surface area contributed by atoms with Crippen molar-refractivity contribution in [2.75, 3.05) is 26.2 Å². The van der Waals surface area contributed by atoms with Crippen molar-refractivity contribution in [2.24, 2.45) is 0 Å². The van der Waals surface area contributed by atoms with Gasteiger partial charge in [0.1, 0.15) is 0 Å². The Bertz CT molecular complexity index is 275. The molecule has 0 aromatic carbocycles. The fraction of sp³-hybridized carbons (Fsp3) is 0.846. The average Bonchev–Trinajstić information content (AvgIpc) is 2.89. The highest BCUT2D eigenvalue weighted by Gasteiger charge is 2.17. The van der Waals surface area contributed by atoms with Crippen molar-refractivity contribution in [3.63, 3.8) is 0 Å².